The first-order valence-corrected chi connectivity index (χ1v) is 13.9. The Morgan fingerprint density at radius 3 is 2.25 bits per heavy atom. The van der Waals surface area contributed by atoms with Crippen LogP contribution >= 0.6 is 0 Å². The molecule has 0 aromatic rings. The summed E-state index contributed by atoms with van der Waals surface area (Å²) >= 11 is 0. The topological polar surface area (TPSA) is 67.9 Å². The van der Waals surface area contributed by atoms with E-state index < -0.39 is 11.0 Å². The van der Waals surface area contributed by atoms with E-state index in [9.17, 15) is 14.4 Å². The lowest BCUT2D eigenvalue weighted by Gasteiger charge is -2.71. The van der Waals surface area contributed by atoms with Crippen molar-refractivity contribution in [2.75, 3.05) is 0 Å². The van der Waals surface area contributed by atoms with E-state index >= 15 is 0 Å². The zero-order valence-electron chi connectivity index (χ0n) is 23.2. The van der Waals surface area contributed by atoms with Gasteiger partial charge in [-0.1, -0.05) is 54.5 Å². The number of ketones is 2. The Morgan fingerprint density at radius 2 is 1.61 bits per heavy atom. The van der Waals surface area contributed by atoms with Gasteiger partial charge >= 0.3 is 0 Å². The van der Waals surface area contributed by atoms with E-state index in [1.54, 1.807) is 0 Å². The van der Waals surface area contributed by atoms with Crippen molar-refractivity contribution in [2.24, 2.45) is 55.7 Å². The fraction of sp³-hybridized carbons (Fsp3) is 0.806. The molecule has 0 N–H and O–H groups in total. The standard InChI is InChI=1S/C31H42N2O3/c1-26(2)11-13-31(33-18-34)14-12-30(7)24(19(31)16-26)21(35)15-23-28(5)17-20(32-8)25(36)27(3,4)22(28)9-10-29(23,30)6/h17,19,22-24H,9-16H2,1-7H3/t19-,22-,23+,24-,28-,29+,30+,31-/m0/s1. The third kappa shape index (κ3) is 3.00. The van der Waals surface area contributed by atoms with Gasteiger partial charge in [0.05, 0.1) is 12.1 Å². The normalized spacial score (nSPS) is 48.7. The summed E-state index contributed by atoms with van der Waals surface area (Å²) in [4.78, 5) is 47.3. The van der Waals surface area contributed by atoms with Crippen LogP contribution in [0.3, 0.4) is 0 Å². The average Bonchev–Trinajstić information content (AvgIpc) is 2.79. The van der Waals surface area contributed by atoms with Crippen molar-refractivity contribution in [2.45, 2.75) is 105 Å². The van der Waals surface area contributed by atoms with Gasteiger partial charge < -0.3 is 4.79 Å². The summed E-state index contributed by atoms with van der Waals surface area (Å²) in [5.74, 6) is 0.406. The lowest BCUT2D eigenvalue weighted by Crippen LogP contribution is -2.69. The van der Waals surface area contributed by atoms with E-state index in [2.05, 4.69) is 44.5 Å². The molecular formula is C31H42N2O3. The Morgan fingerprint density at radius 1 is 0.944 bits per heavy atom. The fourth-order valence-corrected chi connectivity index (χ4v) is 10.5. The zero-order chi connectivity index (χ0) is 26.5. The summed E-state index contributed by atoms with van der Waals surface area (Å²) in [5.41, 5.74) is -1.39. The van der Waals surface area contributed by atoms with Crippen LogP contribution in [0.15, 0.2) is 16.8 Å². The third-order valence-electron chi connectivity index (χ3n) is 12.7. The molecule has 5 rings (SSSR count). The molecular weight excluding hydrogens is 448 g/mol. The van der Waals surface area contributed by atoms with Gasteiger partial charge in [0.25, 0.3) is 0 Å². The van der Waals surface area contributed by atoms with Gasteiger partial charge in [-0.05, 0) is 84.4 Å². The summed E-state index contributed by atoms with van der Waals surface area (Å²) in [6, 6.07) is 0. The molecule has 4 fully saturated rings. The molecule has 0 aromatic carbocycles. The second kappa shape index (κ2) is 7.50. The van der Waals surface area contributed by atoms with E-state index in [-0.39, 0.29) is 56.8 Å². The largest absolute Gasteiger partial charge is 0.307 e. The highest BCUT2D eigenvalue weighted by atomic mass is 16.1. The number of allylic oxidation sites excluding steroid dienone is 2. The smallest absolute Gasteiger partial charge is 0.235 e. The molecule has 5 heteroatoms. The minimum Gasteiger partial charge on any atom is -0.307 e. The quantitative estimate of drug-likeness (QED) is 0.233. The second-order valence-corrected chi connectivity index (χ2v) is 15.0. The maximum atomic E-state index is 14.3. The van der Waals surface area contributed by atoms with E-state index in [0.29, 0.717) is 12.2 Å². The van der Waals surface area contributed by atoms with E-state index in [0.717, 1.165) is 44.9 Å². The lowest BCUT2D eigenvalue weighted by atomic mass is 9.32. The monoisotopic (exact) mass is 490 g/mol. The summed E-state index contributed by atoms with van der Waals surface area (Å²) in [5, 5.41) is 0. The summed E-state index contributed by atoms with van der Waals surface area (Å²) in [6.07, 6.45) is 10.7. The van der Waals surface area contributed by atoms with E-state index in [1.165, 1.54) is 0 Å². The molecule has 5 aliphatic rings. The SMILES string of the molecule is [C-]#[N+]C1=C[C@]2(C)[C@H]3CC(=O)[C@@H]4[C@@H]5CC(C)(C)CC[C@]5(N=C=O)CC[C@@]4(C)[C@]3(C)CC[C@H]2C(C)(C)C1=O. The van der Waals surface area contributed by atoms with Gasteiger partial charge in [0.15, 0.2) is 5.78 Å². The molecule has 8 atom stereocenters. The van der Waals surface area contributed by atoms with Gasteiger partial charge in [-0.2, -0.15) is 4.99 Å². The van der Waals surface area contributed by atoms with Crippen molar-refractivity contribution in [3.63, 3.8) is 0 Å². The Bertz CT molecular complexity index is 1150. The highest BCUT2D eigenvalue weighted by Crippen LogP contribution is 2.75. The van der Waals surface area contributed by atoms with E-state index in [4.69, 9.17) is 6.57 Å². The van der Waals surface area contributed by atoms with Crippen LogP contribution in [0.1, 0.15) is 99.8 Å². The second-order valence-electron chi connectivity index (χ2n) is 15.0. The zero-order valence-corrected chi connectivity index (χ0v) is 23.2. The number of carbonyl (C=O) groups excluding carboxylic acids is 3. The number of carbonyl (C=O) groups is 2. The number of aliphatic imine (C=N–C) groups is 1. The Balaban J connectivity index is 1.65. The Labute approximate surface area is 216 Å². The third-order valence-corrected chi connectivity index (χ3v) is 12.7. The fourth-order valence-electron chi connectivity index (χ4n) is 10.5. The van der Waals surface area contributed by atoms with Crippen molar-refractivity contribution in [1.29, 1.82) is 0 Å². The molecule has 0 aliphatic heterocycles. The van der Waals surface area contributed by atoms with Crippen LogP contribution in [0.5, 0.6) is 0 Å². The van der Waals surface area contributed by atoms with Crippen LogP contribution in [-0.4, -0.2) is 23.2 Å². The number of hydrogen-bond acceptors (Lipinski definition) is 4. The molecule has 0 amide bonds. The molecule has 4 saturated carbocycles. The molecule has 0 bridgehead atoms. The Hall–Kier alpha value is -2.05. The minimum atomic E-state index is -0.612. The van der Waals surface area contributed by atoms with Crippen LogP contribution in [0, 0.1) is 57.3 Å². The van der Waals surface area contributed by atoms with Crippen LogP contribution in [0.4, 0.5) is 0 Å². The molecule has 5 aliphatic carbocycles. The number of rotatable bonds is 1. The molecule has 36 heavy (non-hydrogen) atoms. The molecule has 194 valence electrons. The lowest BCUT2D eigenvalue weighted by molar-refractivity contribution is -0.212. The summed E-state index contributed by atoms with van der Waals surface area (Å²) in [7, 11) is 0. The number of isocyanates is 1. The van der Waals surface area contributed by atoms with Gasteiger partial charge in [-0.3, -0.25) is 4.79 Å². The number of Topliss-reactive ketones (excluding diaryl/α,β-unsaturated/α-hetero) is 2. The van der Waals surface area contributed by atoms with Crippen molar-refractivity contribution < 1.29 is 14.4 Å². The minimum absolute atomic E-state index is 0.0478. The number of fused-ring (bicyclic) bond motifs is 7. The predicted molar refractivity (Wildman–Crippen MR) is 138 cm³/mol. The molecule has 0 aromatic heterocycles. The van der Waals surface area contributed by atoms with Crippen LogP contribution in [0.2, 0.25) is 0 Å². The number of hydrogen-bond donors (Lipinski definition) is 0. The highest BCUT2D eigenvalue weighted by molar-refractivity contribution is 6.02. The highest BCUT2D eigenvalue weighted by Gasteiger charge is 2.72. The van der Waals surface area contributed by atoms with Crippen molar-refractivity contribution in [3.8, 4) is 0 Å². The van der Waals surface area contributed by atoms with E-state index in [1.807, 2.05) is 26.0 Å². The first-order valence-electron chi connectivity index (χ1n) is 13.9. The van der Waals surface area contributed by atoms with Gasteiger partial charge in [0.2, 0.25) is 11.8 Å². The molecule has 0 heterocycles. The summed E-state index contributed by atoms with van der Waals surface area (Å²) < 4.78 is 0. The van der Waals surface area contributed by atoms with Crippen LogP contribution in [0.25, 0.3) is 4.85 Å². The maximum Gasteiger partial charge on any atom is 0.235 e. The predicted octanol–water partition coefficient (Wildman–Crippen LogP) is 6.73. The number of nitrogens with zero attached hydrogens (tertiary/aromatic N) is 2. The molecule has 0 spiro atoms. The Kier molecular flexibility index (Phi) is 5.33. The molecule has 0 radical (unpaired) electrons. The maximum absolute atomic E-state index is 14.3. The van der Waals surface area contributed by atoms with Crippen molar-refractivity contribution >= 4 is 17.6 Å². The summed E-state index contributed by atoms with van der Waals surface area (Å²) in [6.45, 7) is 23.3. The molecule has 0 saturated heterocycles. The van der Waals surface area contributed by atoms with Crippen LogP contribution < -0.4 is 0 Å². The van der Waals surface area contributed by atoms with Crippen molar-refractivity contribution in [3.05, 3.63) is 23.2 Å². The first-order chi connectivity index (χ1) is 16.6. The van der Waals surface area contributed by atoms with Crippen molar-refractivity contribution in [1.82, 2.24) is 0 Å². The van der Waals surface area contributed by atoms with Gasteiger partial charge in [-0.15, -0.1) is 0 Å². The van der Waals surface area contributed by atoms with Gasteiger partial charge in [0, 0.05) is 17.8 Å². The first kappa shape index (κ1) is 25.6. The van der Waals surface area contributed by atoms with Gasteiger partial charge in [0.1, 0.15) is 5.78 Å². The average molecular weight is 491 g/mol. The van der Waals surface area contributed by atoms with Gasteiger partial charge in [-0.25, -0.2) is 9.64 Å². The van der Waals surface area contributed by atoms with Crippen LogP contribution in [-0.2, 0) is 14.4 Å². The molecule has 0 unspecified atom stereocenters. The molecule has 5 nitrogen and oxygen atoms in total.